The van der Waals surface area contributed by atoms with E-state index in [4.69, 9.17) is 23.7 Å². The number of carbonyl (C=O) groups is 7. The molecule has 4 aromatic carbocycles. The molecule has 19 nitrogen and oxygen atoms in total. The number of Topliss-reactive ketones (excluding diaryl/α,β-unsaturated/α-hetero) is 2. The van der Waals surface area contributed by atoms with Crippen molar-refractivity contribution in [2.45, 2.75) is 32.1 Å². The molecule has 4 heterocycles. The van der Waals surface area contributed by atoms with Gasteiger partial charge in [0.2, 0.25) is 5.91 Å². The van der Waals surface area contributed by atoms with Crippen LogP contribution in [-0.2, 0) is 44.5 Å². The van der Waals surface area contributed by atoms with E-state index in [0.717, 1.165) is 56.4 Å². The predicted octanol–water partition coefficient (Wildman–Crippen LogP) is 5.90. The van der Waals surface area contributed by atoms with Gasteiger partial charge in [0.25, 0.3) is 17.7 Å². The topological polar surface area (TPSA) is 219 Å². The van der Waals surface area contributed by atoms with Crippen LogP contribution in [0.2, 0.25) is 0 Å². The number of nitrogens with one attached hydrogen (secondary N) is 2. The number of ether oxygens (including phenoxy) is 5. The fourth-order valence-electron chi connectivity index (χ4n) is 9.24. The Bertz CT molecular complexity index is 3000. The summed E-state index contributed by atoms with van der Waals surface area (Å²) < 4.78 is 28.0. The van der Waals surface area contributed by atoms with Crippen LogP contribution < -0.4 is 15.0 Å². The SMILES string of the molecule is CC(=NCC(=O)CCOCCOCCOCCOCCNC(=O)CCN1C(=O)C=CC1=O)c1ccc(C(=O)Cc2ccc3[nH]c(C(=O)N4C[C@@H](CBr)c5c4cc(OC(=O)N4CCN(C)CC4)c4ccccc54)cc3c2)cc1. The van der Waals surface area contributed by atoms with Crippen molar-refractivity contribution in [3.63, 3.8) is 0 Å². The summed E-state index contributed by atoms with van der Waals surface area (Å²) in [7, 11) is 2.03. The van der Waals surface area contributed by atoms with Crippen LogP contribution in [0, 0.1) is 0 Å². The van der Waals surface area contributed by atoms with Gasteiger partial charge in [-0.2, -0.15) is 0 Å². The number of halogens is 1. The minimum atomic E-state index is -0.415. The Morgan fingerprint density at radius 1 is 0.753 bits per heavy atom. The Labute approximate surface area is 455 Å². The van der Waals surface area contributed by atoms with E-state index in [9.17, 15) is 33.6 Å². The summed E-state index contributed by atoms with van der Waals surface area (Å²) in [6.07, 6.45) is 2.35. The highest BCUT2D eigenvalue weighted by atomic mass is 79.9. The number of imide groups is 1. The van der Waals surface area contributed by atoms with E-state index < -0.39 is 17.9 Å². The van der Waals surface area contributed by atoms with Crippen molar-refractivity contribution in [1.29, 1.82) is 0 Å². The highest BCUT2D eigenvalue weighted by Gasteiger charge is 2.36. The van der Waals surface area contributed by atoms with Gasteiger partial charge in [0.15, 0.2) is 11.6 Å². The van der Waals surface area contributed by atoms with E-state index in [1.165, 1.54) is 12.2 Å². The van der Waals surface area contributed by atoms with Crippen LogP contribution in [0.15, 0.2) is 96.0 Å². The molecule has 0 unspecified atom stereocenters. The van der Waals surface area contributed by atoms with Gasteiger partial charge in [-0.25, -0.2) is 4.79 Å². The van der Waals surface area contributed by atoms with Gasteiger partial charge >= 0.3 is 6.09 Å². The summed E-state index contributed by atoms with van der Waals surface area (Å²) in [4.78, 5) is 103. The van der Waals surface area contributed by atoms with E-state index in [0.29, 0.717) is 106 Å². The molecule has 0 spiro atoms. The lowest BCUT2D eigenvalue weighted by Crippen LogP contribution is -2.48. The second-order valence-electron chi connectivity index (χ2n) is 19.0. The highest BCUT2D eigenvalue weighted by molar-refractivity contribution is 9.09. The number of rotatable bonds is 27. The van der Waals surface area contributed by atoms with Crippen LogP contribution in [-0.4, -0.2) is 184 Å². The quantitative estimate of drug-likeness (QED) is 0.0206. The first-order valence-electron chi connectivity index (χ1n) is 25.8. The first-order valence-corrected chi connectivity index (χ1v) is 27.0. The van der Waals surface area contributed by atoms with Crippen molar-refractivity contribution in [3.05, 3.63) is 119 Å². The summed E-state index contributed by atoms with van der Waals surface area (Å²) in [6.45, 7) is 7.94. The smallest absolute Gasteiger partial charge is 0.409 e. The van der Waals surface area contributed by atoms with Crippen molar-refractivity contribution < 1.29 is 57.2 Å². The molecule has 20 heteroatoms. The lowest BCUT2D eigenvalue weighted by molar-refractivity contribution is -0.137. The normalized spacial score (nSPS) is 15.8. The average molecular weight is 1120 g/mol. The number of aromatic nitrogens is 1. The molecule has 3 aliphatic heterocycles. The van der Waals surface area contributed by atoms with Crippen LogP contribution in [0.4, 0.5) is 10.5 Å². The maximum absolute atomic E-state index is 14.4. The van der Waals surface area contributed by atoms with E-state index in [2.05, 4.69) is 36.1 Å². The molecule has 0 radical (unpaired) electrons. The number of fused-ring (bicyclic) bond motifs is 4. The van der Waals surface area contributed by atoms with Crippen LogP contribution in [0.3, 0.4) is 0 Å². The number of nitrogens with zero attached hydrogens (tertiary/aromatic N) is 5. The zero-order valence-electron chi connectivity index (χ0n) is 43.4. The molecule has 1 saturated heterocycles. The molecule has 5 aromatic rings. The molecular weight excluding hydrogens is 1050 g/mol. The van der Waals surface area contributed by atoms with Crippen molar-refractivity contribution in [3.8, 4) is 5.75 Å². The van der Waals surface area contributed by atoms with Crippen LogP contribution >= 0.6 is 15.9 Å². The fourth-order valence-corrected chi connectivity index (χ4v) is 9.77. The third kappa shape index (κ3) is 15.0. The summed E-state index contributed by atoms with van der Waals surface area (Å²) in [6, 6.07) is 24.4. The Morgan fingerprint density at radius 3 is 2.09 bits per heavy atom. The lowest BCUT2D eigenvalue weighted by atomic mass is 9.95. The summed E-state index contributed by atoms with van der Waals surface area (Å²) in [5, 5.41) is 5.87. The van der Waals surface area contributed by atoms with Gasteiger partial charge < -0.3 is 48.7 Å². The molecule has 3 aliphatic rings. The summed E-state index contributed by atoms with van der Waals surface area (Å²) in [5.41, 5.74) is 5.72. The van der Waals surface area contributed by atoms with Crippen molar-refractivity contribution >= 4 is 90.3 Å². The molecule has 0 bridgehead atoms. The maximum Gasteiger partial charge on any atom is 0.415 e. The number of alkyl halides is 1. The zero-order valence-corrected chi connectivity index (χ0v) is 45.0. The van der Waals surface area contributed by atoms with E-state index in [-0.39, 0.29) is 68.3 Å². The second-order valence-corrected chi connectivity index (χ2v) is 19.6. The molecule has 1 atom stereocenters. The molecule has 1 fully saturated rings. The number of piperazine rings is 1. The van der Waals surface area contributed by atoms with Crippen molar-refractivity contribution in [2.75, 3.05) is 122 Å². The minimum absolute atomic E-state index is 0.00957. The van der Waals surface area contributed by atoms with Gasteiger partial charge in [-0.3, -0.25) is 38.7 Å². The van der Waals surface area contributed by atoms with Gasteiger partial charge in [-0.15, -0.1) is 0 Å². The van der Waals surface area contributed by atoms with Crippen molar-refractivity contribution in [2.24, 2.45) is 4.99 Å². The predicted molar refractivity (Wildman–Crippen MR) is 293 cm³/mol. The van der Waals surface area contributed by atoms with Crippen LogP contribution in [0.5, 0.6) is 5.75 Å². The number of hydrogen-bond acceptors (Lipinski definition) is 14. The Morgan fingerprint density at radius 2 is 1.40 bits per heavy atom. The number of anilines is 1. The number of H-pyrrole nitrogens is 1. The average Bonchev–Trinajstić information content (AvgIpc) is 4.18. The summed E-state index contributed by atoms with van der Waals surface area (Å²) in [5.74, 6) is -1.02. The Balaban J connectivity index is 0.722. The highest BCUT2D eigenvalue weighted by Crippen LogP contribution is 2.46. The second kappa shape index (κ2) is 27.4. The first-order chi connectivity index (χ1) is 37.4. The minimum Gasteiger partial charge on any atom is -0.409 e. The van der Waals surface area contributed by atoms with Gasteiger partial charge in [-0.1, -0.05) is 70.5 Å². The number of hydrogen-bond donors (Lipinski definition) is 2. The molecule has 0 saturated carbocycles. The monoisotopic (exact) mass is 1120 g/mol. The molecule has 8 rings (SSSR count). The number of likely N-dealkylation sites (N-methyl/N-ethyl adjacent to an activating group) is 1. The van der Waals surface area contributed by atoms with Crippen LogP contribution in [0.1, 0.15) is 63.2 Å². The summed E-state index contributed by atoms with van der Waals surface area (Å²) >= 11 is 3.70. The standard InChI is InChI=1S/C57H64BrN7O12/c1-38(60-36-44(66)16-23-73-25-27-75-29-30-76-28-26-74-24-17-59-52(68)15-18-64-53(69)13-14-54(64)70)40-8-10-41(11-9-40)50(67)32-39-7-12-47-42(31-39)33-48(61-47)56(71)65-37-43(35-58)55-46-6-4-3-5-45(46)51(34-49(55)65)77-57(72)63-21-19-62(2)20-22-63/h3-14,31,33-34,43,61H,15-30,32,35-37H2,1-2H3,(H,59,68)/t43-/m1/s1. The van der Waals surface area contributed by atoms with Crippen molar-refractivity contribution in [1.82, 2.24) is 25.0 Å². The largest absolute Gasteiger partial charge is 0.415 e. The molecule has 77 heavy (non-hydrogen) atoms. The number of aliphatic imine (C=N–C) groups is 1. The number of aromatic amines is 1. The number of ketones is 2. The van der Waals surface area contributed by atoms with Gasteiger partial charge in [0.05, 0.1) is 65.1 Å². The van der Waals surface area contributed by atoms with Gasteiger partial charge in [0, 0.05) is 122 Å². The first kappa shape index (κ1) is 56.3. The lowest BCUT2D eigenvalue weighted by Gasteiger charge is -2.31. The fraction of sp³-hybridized carbons (Fsp3) is 0.404. The third-order valence-electron chi connectivity index (χ3n) is 13.6. The van der Waals surface area contributed by atoms with E-state index >= 15 is 0 Å². The van der Waals surface area contributed by atoms with E-state index in [1.807, 2.05) is 80.7 Å². The van der Waals surface area contributed by atoms with Crippen LogP contribution in [0.25, 0.3) is 21.7 Å². The molecule has 2 N–H and O–H groups in total. The molecule has 5 amide bonds. The molecule has 406 valence electrons. The van der Waals surface area contributed by atoms with E-state index in [1.54, 1.807) is 21.9 Å². The zero-order chi connectivity index (χ0) is 54.3. The molecule has 0 aliphatic carbocycles. The van der Waals surface area contributed by atoms with Gasteiger partial charge in [-0.05, 0) is 54.2 Å². The van der Waals surface area contributed by atoms with Gasteiger partial charge in [0.1, 0.15) is 11.4 Å². The number of amides is 5. The molecule has 1 aromatic heterocycles. The number of benzene rings is 4. The maximum atomic E-state index is 14.4. The molecular formula is C57H64BrN7O12. The Kier molecular flexibility index (Phi) is 20.0. The number of carbonyl (C=O) groups excluding carboxylic acids is 7. The Hall–Kier alpha value is -6.94. The third-order valence-corrected chi connectivity index (χ3v) is 14.4.